The third-order valence-electron chi connectivity index (χ3n) is 3.96. The van der Waals surface area contributed by atoms with Gasteiger partial charge >= 0.3 is 0 Å². The highest BCUT2D eigenvalue weighted by Crippen LogP contribution is 2.11. The van der Waals surface area contributed by atoms with Gasteiger partial charge in [0.15, 0.2) is 0 Å². The molecule has 3 heteroatoms. The lowest BCUT2D eigenvalue weighted by Crippen LogP contribution is -2.33. The third kappa shape index (κ3) is 14.3. The number of unbranched alkanes of at least 4 members (excludes halogenated alkanes) is 10. The molecular weight excluding hydrogens is 262 g/mol. The van der Waals surface area contributed by atoms with Crippen molar-refractivity contribution in [2.75, 3.05) is 6.61 Å². The maximum atomic E-state index is 9.69. The van der Waals surface area contributed by atoms with E-state index in [2.05, 4.69) is 6.92 Å². The summed E-state index contributed by atoms with van der Waals surface area (Å²) in [4.78, 5) is 0. The van der Waals surface area contributed by atoms with Crippen LogP contribution in [0.3, 0.4) is 0 Å². The van der Waals surface area contributed by atoms with Crippen molar-refractivity contribution in [3.8, 4) is 0 Å². The fraction of sp³-hybridized carbons (Fsp3) is 0.889. The van der Waals surface area contributed by atoms with Crippen molar-refractivity contribution in [1.29, 1.82) is 0 Å². The van der Waals surface area contributed by atoms with Crippen LogP contribution in [0.25, 0.3) is 0 Å². The van der Waals surface area contributed by atoms with E-state index >= 15 is 0 Å². The molecule has 0 spiro atoms. The molecule has 0 saturated heterocycles. The number of hydrogen-bond donors (Lipinski definition) is 3. The van der Waals surface area contributed by atoms with E-state index in [0.29, 0.717) is 6.42 Å². The molecular formula is C18H37NO2. The van der Waals surface area contributed by atoms with Gasteiger partial charge in [0.2, 0.25) is 0 Å². The van der Waals surface area contributed by atoms with Gasteiger partial charge in [0, 0.05) is 12.6 Å². The predicted octanol–water partition coefficient (Wildman–Crippen LogP) is 3.92. The van der Waals surface area contributed by atoms with E-state index in [-0.39, 0.29) is 12.6 Å². The molecule has 3 nitrogen and oxygen atoms in total. The Morgan fingerprint density at radius 1 is 0.905 bits per heavy atom. The summed E-state index contributed by atoms with van der Waals surface area (Å²) >= 11 is 0. The van der Waals surface area contributed by atoms with Crippen LogP contribution >= 0.6 is 0 Å². The minimum Gasteiger partial charge on any atom is -0.396 e. The molecule has 0 amide bonds. The largest absolute Gasteiger partial charge is 0.396 e. The Morgan fingerprint density at radius 2 is 1.43 bits per heavy atom. The van der Waals surface area contributed by atoms with Gasteiger partial charge in [0.05, 0.1) is 6.10 Å². The SMILES string of the molecule is CCCCCCCCCCCC/C=C/[C@H](O)[C@@H](N)CCO. The summed E-state index contributed by atoms with van der Waals surface area (Å²) in [7, 11) is 0. The van der Waals surface area contributed by atoms with Crippen LogP contribution in [0.1, 0.15) is 84.0 Å². The molecule has 0 heterocycles. The third-order valence-corrected chi connectivity index (χ3v) is 3.96. The van der Waals surface area contributed by atoms with Gasteiger partial charge in [-0.2, -0.15) is 0 Å². The normalized spacial score (nSPS) is 14.7. The first kappa shape index (κ1) is 20.6. The number of hydrogen-bond acceptors (Lipinski definition) is 3. The molecule has 0 radical (unpaired) electrons. The van der Waals surface area contributed by atoms with Crippen LogP contribution in [-0.4, -0.2) is 29.0 Å². The van der Waals surface area contributed by atoms with E-state index in [9.17, 15) is 5.11 Å². The number of nitrogens with two attached hydrogens (primary N) is 1. The molecule has 0 aliphatic heterocycles. The molecule has 0 rings (SSSR count). The van der Waals surface area contributed by atoms with Gasteiger partial charge < -0.3 is 15.9 Å². The molecule has 0 saturated carbocycles. The first-order chi connectivity index (χ1) is 10.2. The van der Waals surface area contributed by atoms with E-state index < -0.39 is 6.10 Å². The van der Waals surface area contributed by atoms with Crippen molar-refractivity contribution < 1.29 is 10.2 Å². The van der Waals surface area contributed by atoms with E-state index in [1.54, 1.807) is 6.08 Å². The lowest BCUT2D eigenvalue weighted by Gasteiger charge is -2.13. The molecule has 0 aromatic rings. The quantitative estimate of drug-likeness (QED) is 0.317. The monoisotopic (exact) mass is 299 g/mol. The smallest absolute Gasteiger partial charge is 0.0872 e. The highest BCUT2D eigenvalue weighted by Gasteiger charge is 2.09. The van der Waals surface area contributed by atoms with Gasteiger partial charge in [0.25, 0.3) is 0 Å². The Bertz CT molecular complexity index is 231. The molecule has 126 valence electrons. The first-order valence-corrected chi connectivity index (χ1v) is 8.93. The standard InChI is InChI=1S/C18H37NO2/c1-2-3-4-5-6-7-8-9-10-11-12-13-14-18(21)17(19)15-16-20/h13-14,17-18,20-21H,2-12,15-16,19H2,1H3/b14-13+/t17-,18-/m0/s1. The molecule has 21 heavy (non-hydrogen) atoms. The van der Waals surface area contributed by atoms with Crippen molar-refractivity contribution in [3.05, 3.63) is 12.2 Å². The van der Waals surface area contributed by atoms with E-state index in [4.69, 9.17) is 10.8 Å². The zero-order valence-corrected chi connectivity index (χ0v) is 14.0. The summed E-state index contributed by atoms with van der Waals surface area (Å²) in [6.45, 7) is 2.29. The Kier molecular flexibility index (Phi) is 15.7. The predicted molar refractivity (Wildman–Crippen MR) is 91.3 cm³/mol. The summed E-state index contributed by atoms with van der Waals surface area (Å²) in [5.41, 5.74) is 5.71. The number of aliphatic hydroxyl groups excluding tert-OH is 2. The molecule has 2 atom stereocenters. The highest BCUT2D eigenvalue weighted by atomic mass is 16.3. The van der Waals surface area contributed by atoms with Crippen LogP contribution in [0.2, 0.25) is 0 Å². The lowest BCUT2D eigenvalue weighted by atomic mass is 10.0. The van der Waals surface area contributed by atoms with Crippen LogP contribution in [0.5, 0.6) is 0 Å². The van der Waals surface area contributed by atoms with Crippen molar-refractivity contribution in [2.45, 2.75) is 96.1 Å². The van der Waals surface area contributed by atoms with Crippen molar-refractivity contribution in [3.63, 3.8) is 0 Å². The average molecular weight is 299 g/mol. The fourth-order valence-electron chi connectivity index (χ4n) is 2.45. The second-order valence-electron chi connectivity index (χ2n) is 6.07. The average Bonchev–Trinajstić information content (AvgIpc) is 2.48. The number of aliphatic hydroxyl groups is 2. The van der Waals surface area contributed by atoms with Crippen molar-refractivity contribution in [2.24, 2.45) is 5.73 Å². The summed E-state index contributed by atoms with van der Waals surface area (Å²) in [5.74, 6) is 0. The van der Waals surface area contributed by atoms with Gasteiger partial charge in [0.1, 0.15) is 0 Å². The summed E-state index contributed by atoms with van der Waals surface area (Å²) in [6.07, 6.45) is 18.1. The molecule has 0 bridgehead atoms. The second kappa shape index (κ2) is 16.0. The molecule has 0 aromatic carbocycles. The maximum Gasteiger partial charge on any atom is 0.0872 e. The Labute approximate surface area is 131 Å². The molecule has 4 N–H and O–H groups in total. The molecule has 0 aliphatic rings. The van der Waals surface area contributed by atoms with E-state index in [1.807, 2.05) is 6.08 Å². The second-order valence-corrected chi connectivity index (χ2v) is 6.07. The minimum absolute atomic E-state index is 0.0323. The van der Waals surface area contributed by atoms with Crippen LogP contribution < -0.4 is 5.73 Å². The Morgan fingerprint density at radius 3 is 1.95 bits per heavy atom. The Balaban J connectivity index is 3.28. The van der Waals surface area contributed by atoms with Crippen LogP contribution in [0, 0.1) is 0 Å². The van der Waals surface area contributed by atoms with Crippen LogP contribution in [-0.2, 0) is 0 Å². The Hall–Kier alpha value is -0.380. The highest BCUT2D eigenvalue weighted by molar-refractivity contribution is 4.93. The molecule has 0 unspecified atom stereocenters. The van der Waals surface area contributed by atoms with Crippen LogP contribution in [0.15, 0.2) is 12.2 Å². The molecule has 0 fully saturated rings. The maximum absolute atomic E-state index is 9.69. The first-order valence-electron chi connectivity index (χ1n) is 8.93. The topological polar surface area (TPSA) is 66.5 Å². The van der Waals surface area contributed by atoms with Gasteiger partial charge in [-0.25, -0.2) is 0 Å². The molecule has 0 aliphatic carbocycles. The van der Waals surface area contributed by atoms with Crippen LogP contribution in [0.4, 0.5) is 0 Å². The number of allylic oxidation sites excluding steroid dienone is 1. The summed E-state index contributed by atoms with van der Waals surface area (Å²) in [5, 5.41) is 18.4. The van der Waals surface area contributed by atoms with Gasteiger partial charge in [-0.1, -0.05) is 76.9 Å². The van der Waals surface area contributed by atoms with E-state index in [0.717, 1.165) is 6.42 Å². The summed E-state index contributed by atoms with van der Waals surface area (Å²) in [6, 6.07) is -0.348. The number of rotatable bonds is 15. The summed E-state index contributed by atoms with van der Waals surface area (Å²) < 4.78 is 0. The fourth-order valence-corrected chi connectivity index (χ4v) is 2.45. The zero-order valence-electron chi connectivity index (χ0n) is 14.0. The van der Waals surface area contributed by atoms with Crippen molar-refractivity contribution >= 4 is 0 Å². The van der Waals surface area contributed by atoms with Gasteiger partial charge in [-0.05, 0) is 19.3 Å². The minimum atomic E-state index is -0.625. The molecule has 0 aromatic heterocycles. The van der Waals surface area contributed by atoms with Crippen molar-refractivity contribution in [1.82, 2.24) is 0 Å². The lowest BCUT2D eigenvalue weighted by molar-refractivity contribution is 0.167. The van der Waals surface area contributed by atoms with Gasteiger partial charge in [-0.3, -0.25) is 0 Å². The van der Waals surface area contributed by atoms with Gasteiger partial charge in [-0.15, -0.1) is 0 Å². The van der Waals surface area contributed by atoms with E-state index in [1.165, 1.54) is 64.2 Å². The zero-order chi connectivity index (χ0) is 15.8.